The van der Waals surface area contributed by atoms with Gasteiger partial charge in [-0.1, -0.05) is 19.3 Å². The smallest absolute Gasteiger partial charge is 0.227 e. The van der Waals surface area contributed by atoms with Gasteiger partial charge in [0.1, 0.15) is 5.82 Å². The molecule has 1 aromatic rings. The fraction of sp³-hybridized carbons (Fsp3) is 0.625. The first-order valence-electron chi connectivity index (χ1n) is 7.80. The van der Waals surface area contributed by atoms with Crippen LogP contribution in [0.2, 0.25) is 0 Å². The minimum atomic E-state index is 0.143. The Morgan fingerprint density at radius 2 is 2.05 bits per heavy atom. The molecule has 1 fully saturated rings. The number of likely N-dealkylation sites (N-methyl/N-ethyl adjacent to an activating group) is 1. The molecule has 1 heterocycles. The minimum absolute atomic E-state index is 0.143. The lowest BCUT2D eigenvalue weighted by Crippen LogP contribution is -2.24. The van der Waals surface area contributed by atoms with Gasteiger partial charge in [-0.3, -0.25) is 4.79 Å². The molecule has 21 heavy (non-hydrogen) atoms. The van der Waals surface area contributed by atoms with Gasteiger partial charge in [-0.2, -0.15) is 0 Å². The third-order valence-electron chi connectivity index (χ3n) is 3.87. The predicted molar refractivity (Wildman–Crippen MR) is 86.5 cm³/mol. The van der Waals surface area contributed by atoms with Crippen LogP contribution in [0, 0.1) is 5.92 Å². The molecule has 1 aliphatic rings. The van der Waals surface area contributed by atoms with Gasteiger partial charge in [0.2, 0.25) is 5.91 Å². The summed E-state index contributed by atoms with van der Waals surface area (Å²) in [6.07, 6.45) is 7.36. The number of hydrogen-bond acceptors (Lipinski definition) is 4. The van der Waals surface area contributed by atoms with E-state index < -0.39 is 0 Å². The van der Waals surface area contributed by atoms with Crippen molar-refractivity contribution in [2.45, 2.75) is 32.1 Å². The van der Waals surface area contributed by atoms with Gasteiger partial charge in [0.25, 0.3) is 0 Å². The standard InChI is InChI=1S/C16H26N4O/c1-20(2)11-10-17-15-9-8-14(12-18-15)19-16(21)13-6-4-3-5-7-13/h8-9,12-13H,3-7,10-11H2,1-2H3,(H,17,18)(H,19,21). The van der Waals surface area contributed by atoms with Crippen molar-refractivity contribution in [2.75, 3.05) is 37.8 Å². The number of nitrogens with one attached hydrogen (secondary N) is 2. The van der Waals surface area contributed by atoms with E-state index in [0.29, 0.717) is 0 Å². The molecule has 0 unspecified atom stereocenters. The maximum absolute atomic E-state index is 12.1. The maximum atomic E-state index is 12.1. The van der Waals surface area contributed by atoms with E-state index >= 15 is 0 Å². The molecule has 5 nitrogen and oxygen atoms in total. The van der Waals surface area contributed by atoms with Crippen LogP contribution in [-0.2, 0) is 4.79 Å². The highest BCUT2D eigenvalue weighted by molar-refractivity contribution is 5.92. The van der Waals surface area contributed by atoms with Crippen LogP contribution in [0.1, 0.15) is 32.1 Å². The van der Waals surface area contributed by atoms with E-state index in [1.165, 1.54) is 19.3 Å². The molecule has 0 radical (unpaired) electrons. The lowest BCUT2D eigenvalue weighted by atomic mass is 9.88. The van der Waals surface area contributed by atoms with Crippen molar-refractivity contribution in [3.8, 4) is 0 Å². The quantitative estimate of drug-likeness (QED) is 0.845. The Morgan fingerprint density at radius 1 is 1.29 bits per heavy atom. The number of nitrogens with zero attached hydrogens (tertiary/aromatic N) is 2. The fourth-order valence-corrected chi connectivity index (χ4v) is 2.59. The SMILES string of the molecule is CN(C)CCNc1ccc(NC(=O)C2CCCCC2)cn1. The Kier molecular flexibility index (Phi) is 5.99. The molecule has 1 saturated carbocycles. The van der Waals surface area contributed by atoms with Gasteiger partial charge in [0.15, 0.2) is 0 Å². The lowest BCUT2D eigenvalue weighted by Gasteiger charge is -2.20. The summed E-state index contributed by atoms with van der Waals surface area (Å²) >= 11 is 0. The fourth-order valence-electron chi connectivity index (χ4n) is 2.59. The average molecular weight is 290 g/mol. The third kappa shape index (κ3) is 5.34. The van der Waals surface area contributed by atoms with Crippen molar-refractivity contribution in [1.82, 2.24) is 9.88 Å². The Hall–Kier alpha value is -1.62. The number of rotatable bonds is 6. The Bertz CT molecular complexity index is 438. The Balaban J connectivity index is 1.80. The van der Waals surface area contributed by atoms with E-state index in [2.05, 4.69) is 20.5 Å². The highest BCUT2D eigenvalue weighted by Gasteiger charge is 2.20. The van der Waals surface area contributed by atoms with E-state index in [0.717, 1.165) is 37.4 Å². The molecule has 0 saturated heterocycles. The molecule has 5 heteroatoms. The molecule has 1 aromatic heterocycles. The topological polar surface area (TPSA) is 57.3 Å². The van der Waals surface area contributed by atoms with Crippen molar-refractivity contribution in [1.29, 1.82) is 0 Å². The van der Waals surface area contributed by atoms with Crippen LogP contribution in [0.3, 0.4) is 0 Å². The molecular weight excluding hydrogens is 264 g/mol. The highest BCUT2D eigenvalue weighted by Crippen LogP contribution is 2.24. The van der Waals surface area contributed by atoms with Gasteiger partial charge < -0.3 is 15.5 Å². The number of hydrogen-bond donors (Lipinski definition) is 2. The zero-order valence-electron chi connectivity index (χ0n) is 13.1. The number of pyridine rings is 1. The zero-order chi connectivity index (χ0) is 15.1. The summed E-state index contributed by atoms with van der Waals surface area (Å²) in [6.45, 7) is 1.82. The molecule has 0 spiro atoms. The molecule has 0 atom stereocenters. The number of anilines is 2. The van der Waals surface area contributed by atoms with Crippen molar-refractivity contribution in [3.05, 3.63) is 18.3 Å². The number of carbonyl (C=O) groups excluding carboxylic acids is 1. The molecule has 2 N–H and O–H groups in total. The largest absolute Gasteiger partial charge is 0.369 e. The average Bonchev–Trinajstić information content (AvgIpc) is 2.49. The van der Waals surface area contributed by atoms with Crippen LogP contribution >= 0.6 is 0 Å². The van der Waals surface area contributed by atoms with Crippen molar-refractivity contribution in [3.63, 3.8) is 0 Å². The summed E-state index contributed by atoms with van der Waals surface area (Å²) in [7, 11) is 4.08. The second kappa shape index (κ2) is 7.98. The first kappa shape index (κ1) is 15.8. The van der Waals surface area contributed by atoms with Gasteiger partial charge >= 0.3 is 0 Å². The summed E-state index contributed by atoms with van der Waals surface area (Å²) in [5, 5.41) is 6.23. The summed E-state index contributed by atoms with van der Waals surface area (Å²) in [5.74, 6) is 1.16. The molecule has 0 aliphatic heterocycles. The van der Waals surface area contributed by atoms with Gasteiger partial charge in [-0.05, 0) is 39.1 Å². The molecule has 1 amide bonds. The van der Waals surface area contributed by atoms with Gasteiger partial charge in [0.05, 0.1) is 11.9 Å². The zero-order valence-corrected chi connectivity index (χ0v) is 13.1. The Labute approximate surface area is 127 Å². The summed E-state index contributed by atoms with van der Waals surface area (Å²) in [6, 6.07) is 3.82. The van der Waals surface area contributed by atoms with E-state index in [1.807, 2.05) is 26.2 Å². The first-order chi connectivity index (χ1) is 10.1. The van der Waals surface area contributed by atoms with Crippen LogP contribution < -0.4 is 10.6 Å². The molecule has 2 rings (SSSR count). The first-order valence-corrected chi connectivity index (χ1v) is 7.80. The third-order valence-corrected chi connectivity index (χ3v) is 3.87. The van der Waals surface area contributed by atoms with Crippen molar-refractivity contribution < 1.29 is 4.79 Å². The number of aromatic nitrogens is 1. The molecule has 116 valence electrons. The summed E-state index contributed by atoms with van der Waals surface area (Å²) in [5.41, 5.74) is 0.781. The second-order valence-corrected chi connectivity index (χ2v) is 5.99. The molecule has 0 bridgehead atoms. The highest BCUT2D eigenvalue weighted by atomic mass is 16.1. The second-order valence-electron chi connectivity index (χ2n) is 5.99. The predicted octanol–water partition coefficient (Wildman–Crippen LogP) is 2.57. The van der Waals surface area contributed by atoms with E-state index in [9.17, 15) is 4.79 Å². The van der Waals surface area contributed by atoms with Gasteiger partial charge in [0, 0.05) is 19.0 Å². The minimum Gasteiger partial charge on any atom is -0.369 e. The molecular formula is C16H26N4O. The maximum Gasteiger partial charge on any atom is 0.227 e. The molecule has 0 aromatic carbocycles. The Morgan fingerprint density at radius 3 is 2.67 bits per heavy atom. The van der Waals surface area contributed by atoms with Gasteiger partial charge in [-0.25, -0.2) is 4.98 Å². The van der Waals surface area contributed by atoms with Gasteiger partial charge in [-0.15, -0.1) is 0 Å². The summed E-state index contributed by atoms with van der Waals surface area (Å²) in [4.78, 5) is 18.6. The normalized spacial score (nSPS) is 16.0. The van der Waals surface area contributed by atoms with E-state index in [4.69, 9.17) is 0 Å². The van der Waals surface area contributed by atoms with Crippen molar-refractivity contribution >= 4 is 17.4 Å². The van der Waals surface area contributed by atoms with Crippen LogP contribution in [0.5, 0.6) is 0 Å². The van der Waals surface area contributed by atoms with Crippen LogP contribution in [-0.4, -0.2) is 43.0 Å². The summed E-state index contributed by atoms with van der Waals surface area (Å²) < 4.78 is 0. The lowest BCUT2D eigenvalue weighted by molar-refractivity contribution is -0.120. The number of carbonyl (C=O) groups is 1. The van der Waals surface area contributed by atoms with E-state index in [1.54, 1.807) is 6.20 Å². The van der Waals surface area contributed by atoms with E-state index in [-0.39, 0.29) is 11.8 Å². The monoisotopic (exact) mass is 290 g/mol. The van der Waals surface area contributed by atoms with Crippen molar-refractivity contribution in [2.24, 2.45) is 5.92 Å². The van der Waals surface area contributed by atoms with Crippen LogP contribution in [0.4, 0.5) is 11.5 Å². The number of amides is 1. The van der Waals surface area contributed by atoms with Crippen LogP contribution in [0.25, 0.3) is 0 Å². The molecule has 1 aliphatic carbocycles. The van der Waals surface area contributed by atoms with Crippen LogP contribution in [0.15, 0.2) is 18.3 Å².